The summed E-state index contributed by atoms with van der Waals surface area (Å²) in [6.07, 6.45) is 36.0. The lowest BCUT2D eigenvalue weighted by molar-refractivity contribution is -0.379. The Bertz CT molecular complexity index is 1880. The third-order valence-corrected chi connectivity index (χ3v) is 16.7. The minimum atomic E-state index is -1.98. The van der Waals surface area contributed by atoms with Gasteiger partial charge in [0.1, 0.15) is 73.2 Å². The highest BCUT2D eigenvalue weighted by Crippen LogP contribution is 2.33. The number of carbonyl (C=O) groups is 1. The fraction of sp³-hybridized carbons (Fsp3) is 0.812. The van der Waals surface area contributed by atoms with E-state index in [1.165, 1.54) is 135 Å². The summed E-state index contributed by atoms with van der Waals surface area (Å²) in [5.41, 5.74) is 0. The fourth-order valence-electron chi connectivity index (χ4n) is 11.1. The van der Waals surface area contributed by atoms with Crippen LogP contribution in [0.2, 0.25) is 0 Å². The number of hydrogen-bond donors (Lipinski definition) is 12. The Balaban J connectivity index is 1.41. The minimum absolute atomic E-state index is 0.228. The maximum absolute atomic E-state index is 13.4. The molecular weight excluding hydrogens is 1130 g/mol. The molecule has 0 saturated carbocycles. The van der Waals surface area contributed by atoms with E-state index in [1.807, 2.05) is 6.08 Å². The number of amides is 1. The minimum Gasteiger partial charge on any atom is -0.394 e. The predicted octanol–water partition coefficient (Wildman–Crippen LogP) is 8.55. The van der Waals surface area contributed by atoms with Gasteiger partial charge in [0.05, 0.1) is 38.6 Å². The normalized spacial score (nSPS) is 28.9. The first kappa shape index (κ1) is 79.5. The van der Waals surface area contributed by atoms with Crippen LogP contribution < -0.4 is 5.32 Å². The monoisotopic (exact) mass is 1250 g/mol. The Morgan fingerprint density at radius 1 is 0.409 bits per heavy atom. The fourth-order valence-corrected chi connectivity index (χ4v) is 11.1. The number of ether oxygens (including phenoxy) is 6. The van der Waals surface area contributed by atoms with Crippen molar-refractivity contribution >= 4 is 5.91 Å². The summed E-state index contributed by atoms with van der Waals surface area (Å²) in [6.45, 7) is 1.66. The maximum Gasteiger partial charge on any atom is 0.220 e. The zero-order chi connectivity index (χ0) is 64.0. The van der Waals surface area contributed by atoms with Crippen molar-refractivity contribution in [2.45, 2.75) is 330 Å². The topological polar surface area (TPSA) is 307 Å². The second-order valence-corrected chi connectivity index (χ2v) is 24.3. The average Bonchev–Trinajstić information content (AvgIpc) is 2.58. The number of allylic oxidation sites excluding steroid dienone is 11. The van der Waals surface area contributed by atoms with Crippen LogP contribution in [-0.2, 0) is 33.2 Å². The molecule has 510 valence electrons. The number of unbranched alkanes of at least 4 members (excludes halogenated alkanes) is 25. The summed E-state index contributed by atoms with van der Waals surface area (Å²) in [4.78, 5) is 13.4. The molecule has 19 nitrogen and oxygen atoms in total. The molecule has 19 heteroatoms. The Kier molecular flexibility index (Phi) is 45.8. The van der Waals surface area contributed by atoms with Gasteiger partial charge in [0, 0.05) is 6.42 Å². The molecule has 0 aliphatic carbocycles. The van der Waals surface area contributed by atoms with E-state index in [0.29, 0.717) is 12.8 Å². The summed E-state index contributed by atoms with van der Waals surface area (Å²) >= 11 is 0. The van der Waals surface area contributed by atoms with Crippen LogP contribution in [0, 0.1) is 0 Å². The third kappa shape index (κ3) is 32.7. The number of carbonyl (C=O) groups excluding carboxylic acids is 1. The van der Waals surface area contributed by atoms with E-state index in [-0.39, 0.29) is 18.9 Å². The summed E-state index contributed by atoms with van der Waals surface area (Å²) in [7, 11) is 0. The van der Waals surface area contributed by atoms with Crippen LogP contribution in [0.5, 0.6) is 0 Å². The molecule has 3 aliphatic rings. The molecule has 12 N–H and O–H groups in total. The van der Waals surface area contributed by atoms with Gasteiger partial charge in [-0.3, -0.25) is 4.79 Å². The SMILES string of the molecule is CCCCCC/C=C/CC/C=C/CC/C=C/C(O)C(COC1OC(CO)C(OC2OC(CO)C(OC3OC(CO)C(O)C(O)C3O)C(O)C2O)C(O)C1O)NC(=O)CCCCCCCCCCCCCCCC/C=C\C/C=C\C/C=C\CCCCCCC. The van der Waals surface area contributed by atoms with Crippen LogP contribution in [0.1, 0.15) is 226 Å². The van der Waals surface area contributed by atoms with Crippen LogP contribution in [0.3, 0.4) is 0 Å². The molecule has 0 spiro atoms. The van der Waals surface area contributed by atoms with Crippen molar-refractivity contribution in [1.29, 1.82) is 0 Å². The van der Waals surface area contributed by atoms with Crippen molar-refractivity contribution in [3.8, 4) is 0 Å². The summed E-state index contributed by atoms with van der Waals surface area (Å²) in [5.74, 6) is -0.293. The van der Waals surface area contributed by atoms with E-state index in [0.717, 1.165) is 57.8 Å². The molecule has 3 heterocycles. The predicted molar refractivity (Wildman–Crippen MR) is 341 cm³/mol. The van der Waals surface area contributed by atoms with Crippen molar-refractivity contribution in [3.63, 3.8) is 0 Å². The number of aliphatic hydroxyl groups is 11. The zero-order valence-electron chi connectivity index (χ0n) is 53.7. The first-order valence-electron chi connectivity index (χ1n) is 34.2. The third-order valence-electron chi connectivity index (χ3n) is 16.7. The molecule has 0 aromatic rings. The van der Waals surface area contributed by atoms with Gasteiger partial charge in [0.2, 0.25) is 5.91 Å². The van der Waals surface area contributed by atoms with E-state index in [2.05, 4.69) is 79.9 Å². The lowest BCUT2D eigenvalue weighted by Gasteiger charge is -2.48. The standard InChI is InChI=1S/C69H121NO18/c1-3-5-7-9-11-13-15-17-19-20-21-22-23-24-25-26-27-28-29-30-31-32-33-35-37-39-41-43-45-47-57(75)70-52(53(74)46-44-42-40-38-36-34-18-16-14-12-10-8-6-4-2)51-83-67-63(81)60(78)65(55(49-72)85-67)88-69-64(82)61(79)66(56(50-73)86-69)87-68-62(80)59(77)58(76)54(48-71)84-68/h14-17,20-21,23-24,36,38,44,46,52-56,58-69,71-74,76-82H,3-13,18-19,22,25-35,37,39-43,45,47-51H2,1-2H3,(H,70,75)/b16-14+,17-15-,21-20-,24-23-,38-36+,46-44+. The lowest BCUT2D eigenvalue weighted by Crippen LogP contribution is -2.66. The van der Waals surface area contributed by atoms with E-state index in [9.17, 15) is 61.0 Å². The number of aliphatic hydroxyl groups excluding tert-OH is 11. The molecule has 3 aliphatic heterocycles. The van der Waals surface area contributed by atoms with Crippen LogP contribution in [-0.4, -0.2) is 193 Å². The first-order chi connectivity index (χ1) is 42.8. The molecule has 0 bridgehead atoms. The largest absolute Gasteiger partial charge is 0.394 e. The Morgan fingerprint density at radius 3 is 1.23 bits per heavy atom. The molecule has 3 saturated heterocycles. The van der Waals surface area contributed by atoms with Crippen LogP contribution >= 0.6 is 0 Å². The Morgan fingerprint density at radius 2 is 0.761 bits per heavy atom. The van der Waals surface area contributed by atoms with Gasteiger partial charge in [-0.15, -0.1) is 0 Å². The molecule has 17 atom stereocenters. The molecule has 3 rings (SSSR count). The van der Waals surface area contributed by atoms with Gasteiger partial charge in [-0.1, -0.05) is 209 Å². The average molecular weight is 1250 g/mol. The van der Waals surface area contributed by atoms with Crippen molar-refractivity contribution in [2.75, 3.05) is 26.4 Å². The molecule has 17 unspecified atom stereocenters. The maximum atomic E-state index is 13.4. The van der Waals surface area contributed by atoms with E-state index >= 15 is 0 Å². The Labute approximate surface area is 528 Å². The van der Waals surface area contributed by atoms with Crippen molar-refractivity contribution in [1.82, 2.24) is 5.32 Å². The highest BCUT2D eigenvalue weighted by atomic mass is 16.8. The summed E-state index contributed by atoms with van der Waals surface area (Å²) < 4.78 is 34.3. The second kappa shape index (κ2) is 50.7. The molecule has 0 radical (unpaired) electrons. The molecule has 3 fully saturated rings. The van der Waals surface area contributed by atoms with Gasteiger partial charge in [0.15, 0.2) is 18.9 Å². The molecule has 0 aromatic carbocycles. The highest BCUT2D eigenvalue weighted by Gasteiger charge is 2.53. The van der Waals surface area contributed by atoms with Crippen molar-refractivity contribution in [2.24, 2.45) is 0 Å². The Hall–Kier alpha value is -2.77. The quantitative estimate of drug-likeness (QED) is 0.0200. The van der Waals surface area contributed by atoms with Gasteiger partial charge in [-0.2, -0.15) is 0 Å². The zero-order valence-corrected chi connectivity index (χ0v) is 53.7. The van der Waals surface area contributed by atoms with Gasteiger partial charge in [-0.25, -0.2) is 0 Å². The van der Waals surface area contributed by atoms with Crippen LogP contribution in [0.4, 0.5) is 0 Å². The van der Waals surface area contributed by atoms with E-state index in [4.69, 9.17) is 28.4 Å². The highest BCUT2D eigenvalue weighted by molar-refractivity contribution is 5.76. The van der Waals surface area contributed by atoms with E-state index < -0.39 is 124 Å². The number of nitrogens with one attached hydrogen (secondary N) is 1. The molecule has 88 heavy (non-hydrogen) atoms. The van der Waals surface area contributed by atoms with Gasteiger partial charge >= 0.3 is 0 Å². The van der Waals surface area contributed by atoms with Crippen LogP contribution in [0.25, 0.3) is 0 Å². The first-order valence-corrected chi connectivity index (χ1v) is 34.2. The van der Waals surface area contributed by atoms with E-state index in [1.54, 1.807) is 6.08 Å². The molecular formula is C69H121NO18. The van der Waals surface area contributed by atoms with Crippen molar-refractivity contribution < 1.29 is 89.4 Å². The van der Waals surface area contributed by atoms with Gasteiger partial charge in [0.25, 0.3) is 0 Å². The van der Waals surface area contributed by atoms with Gasteiger partial charge in [-0.05, 0) is 83.5 Å². The summed E-state index contributed by atoms with van der Waals surface area (Å²) in [6, 6.07) is -0.999. The van der Waals surface area contributed by atoms with Crippen molar-refractivity contribution in [3.05, 3.63) is 72.9 Å². The smallest absolute Gasteiger partial charge is 0.220 e. The van der Waals surface area contributed by atoms with Gasteiger partial charge < -0.3 is 89.9 Å². The van der Waals surface area contributed by atoms with Crippen LogP contribution in [0.15, 0.2) is 72.9 Å². The molecule has 1 amide bonds. The molecule has 0 aromatic heterocycles. The number of rotatable bonds is 51. The summed E-state index contributed by atoms with van der Waals surface area (Å²) in [5, 5.41) is 120. The second-order valence-electron chi connectivity index (χ2n) is 24.3. The lowest BCUT2D eigenvalue weighted by atomic mass is 9.96. The number of hydrogen-bond acceptors (Lipinski definition) is 18.